The van der Waals surface area contributed by atoms with Crippen LogP contribution >= 0.6 is 0 Å². The summed E-state index contributed by atoms with van der Waals surface area (Å²) >= 11 is 0. The molecule has 1 heterocycles. The summed E-state index contributed by atoms with van der Waals surface area (Å²) in [4.78, 5) is 16.2. The minimum absolute atomic E-state index is 0.167. The second kappa shape index (κ2) is 6.10. The summed E-state index contributed by atoms with van der Waals surface area (Å²) in [6, 6.07) is 7.13. The molecule has 0 saturated carbocycles. The van der Waals surface area contributed by atoms with Crippen LogP contribution in [-0.4, -0.2) is 29.1 Å². The van der Waals surface area contributed by atoms with Crippen molar-refractivity contribution in [1.82, 2.24) is 15.5 Å². The van der Waals surface area contributed by atoms with Gasteiger partial charge < -0.3 is 15.6 Å². The molecular formula is C13H16N4O2. The number of hydrogen-bond acceptors (Lipinski definition) is 5. The third kappa shape index (κ3) is 3.17. The number of nitrogens with zero attached hydrogens (tertiary/aromatic N) is 2. The molecule has 0 unspecified atom stereocenters. The van der Waals surface area contributed by atoms with Crippen LogP contribution in [-0.2, 0) is 0 Å². The van der Waals surface area contributed by atoms with Crippen molar-refractivity contribution in [2.45, 2.75) is 13.3 Å². The van der Waals surface area contributed by atoms with Crippen LogP contribution in [0.15, 0.2) is 28.8 Å². The molecule has 0 saturated heterocycles. The fourth-order valence-electron chi connectivity index (χ4n) is 1.67. The molecule has 19 heavy (non-hydrogen) atoms. The van der Waals surface area contributed by atoms with Crippen molar-refractivity contribution in [2.75, 3.05) is 13.1 Å². The maximum atomic E-state index is 12.1. The second-order valence-corrected chi connectivity index (χ2v) is 4.09. The molecule has 0 radical (unpaired) electrons. The third-order valence-corrected chi connectivity index (χ3v) is 2.60. The van der Waals surface area contributed by atoms with E-state index in [0.717, 1.165) is 6.42 Å². The normalized spacial score (nSPS) is 10.4. The van der Waals surface area contributed by atoms with Gasteiger partial charge in [0, 0.05) is 6.54 Å². The molecule has 0 aliphatic carbocycles. The van der Waals surface area contributed by atoms with Gasteiger partial charge in [-0.2, -0.15) is 4.98 Å². The highest BCUT2D eigenvalue weighted by atomic mass is 16.5. The Labute approximate surface area is 111 Å². The quantitative estimate of drug-likeness (QED) is 0.786. The van der Waals surface area contributed by atoms with Crippen LogP contribution in [0.5, 0.6) is 0 Å². The average molecular weight is 260 g/mol. The topological polar surface area (TPSA) is 94.0 Å². The van der Waals surface area contributed by atoms with Crippen molar-refractivity contribution in [1.29, 1.82) is 0 Å². The van der Waals surface area contributed by atoms with Gasteiger partial charge in [0.2, 0.25) is 0 Å². The van der Waals surface area contributed by atoms with Crippen molar-refractivity contribution >= 4 is 5.91 Å². The second-order valence-electron chi connectivity index (χ2n) is 4.09. The standard InChI is InChI=1S/C13H16N4O2/c1-9-16-13(19-17-9)11-6-3-2-5-10(11)12(18)15-8-4-7-14/h2-3,5-6H,4,7-8,14H2,1H3,(H,15,18). The average Bonchev–Trinajstić information content (AvgIpc) is 2.85. The number of rotatable bonds is 5. The maximum Gasteiger partial charge on any atom is 0.258 e. The lowest BCUT2D eigenvalue weighted by molar-refractivity contribution is 0.0954. The molecule has 100 valence electrons. The lowest BCUT2D eigenvalue weighted by atomic mass is 10.1. The zero-order valence-electron chi connectivity index (χ0n) is 10.7. The Kier molecular flexibility index (Phi) is 4.25. The summed E-state index contributed by atoms with van der Waals surface area (Å²) in [5, 5.41) is 6.54. The van der Waals surface area contributed by atoms with E-state index in [0.29, 0.717) is 35.9 Å². The van der Waals surface area contributed by atoms with Crippen molar-refractivity contribution in [3.63, 3.8) is 0 Å². The fraction of sp³-hybridized carbons (Fsp3) is 0.308. The van der Waals surface area contributed by atoms with Crippen LogP contribution in [0.25, 0.3) is 11.5 Å². The number of aromatic nitrogens is 2. The van der Waals surface area contributed by atoms with Gasteiger partial charge in [0.1, 0.15) is 0 Å². The van der Waals surface area contributed by atoms with Crippen molar-refractivity contribution in [2.24, 2.45) is 5.73 Å². The zero-order valence-corrected chi connectivity index (χ0v) is 10.7. The summed E-state index contributed by atoms with van der Waals surface area (Å²) in [6.07, 6.45) is 0.744. The predicted octanol–water partition coefficient (Wildman–Crippen LogP) is 1.12. The summed E-state index contributed by atoms with van der Waals surface area (Å²) in [5.41, 5.74) is 6.54. The monoisotopic (exact) mass is 260 g/mol. The van der Waals surface area contributed by atoms with Crippen molar-refractivity contribution in [3.8, 4) is 11.5 Å². The Morgan fingerprint density at radius 1 is 1.42 bits per heavy atom. The minimum Gasteiger partial charge on any atom is -0.352 e. The van der Waals surface area contributed by atoms with E-state index in [2.05, 4.69) is 15.5 Å². The van der Waals surface area contributed by atoms with Crippen molar-refractivity contribution in [3.05, 3.63) is 35.7 Å². The molecule has 0 fully saturated rings. The SMILES string of the molecule is Cc1noc(-c2ccccc2C(=O)NCCCN)n1. The van der Waals surface area contributed by atoms with Crippen LogP contribution in [0.3, 0.4) is 0 Å². The number of aryl methyl sites for hydroxylation is 1. The molecule has 1 amide bonds. The van der Waals surface area contributed by atoms with Gasteiger partial charge >= 0.3 is 0 Å². The van der Waals surface area contributed by atoms with E-state index in [1.165, 1.54) is 0 Å². The van der Waals surface area contributed by atoms with Crippen molar-refractivity contribution < 1.29 is 9.32 Å². The van der Waals surface area contributed by atoms with Gasteiger partial charge in [-0.25, -0.2) is 0 Å². The number of benzene rings is 1. The van der Waals surface area contributed by atoms with E-state index in [9.17, 15) is 4.79 Å². The van der Waals surface area contributed by atoms with E-state index in [1.807, 2.05) is 6.07 Å². The zero-order chi connectivity index (χ0) is 13.7. The Balaban J connectivity index is 2.23. The molecule has 6 heteroatoms. The number of nitrogens with two attached hydrogens (primary N) is 1. The first-order valence-electron chi connectivity index (χ1n) is 6.10. The molecule has 2 rings (SSSR count). The van der Waals surface area contributed by atoms with E-state index in [-0.39, 0.29) is 5.91 Å². The number of hydrogen-bond donors (Lipinski definition) is 2. The highest BCUT2D eigenvalue weighted by molar-refractivity contribution is 5.99. The molecule has 1 aromatic carbocycles. The first-order valence-corrected chi connectivity index (χ1v) is 6.10. The van der Waals surface area contributed by atoms with Gasteiger partial charge in [0.05, 0.1) is 11.1 Å². The predicted molar refractivity (Wildman–Crippen MR) is 70.5 cm³/mol. The smallest absolute Gasteiger partial charge is 0.258 e. The van der Waals surface area contributed by atoms with Crippen LogP contribution in [0.1, 0.15) is 22.6 Å². The molecule has 1 aromatic heterocycles. The molecule has 0 aliphatic heterocycles. The summed E-state index contributed by atoms with van der Waals surface area (Å²) in [6.45, 7) is 2.83. The molecular weight excluding hydrogens is 244 g/mol. The molecule has 0 atom stereocenters. The highest BCUT2D eigenvalue weighted by Crippen LogP contribution is 2.21. The van der Waals surface area contributed by atoms with Gasteiger partial charge in [-0.1, -0.05) is 17.3 Å². The Bertz CT molecular complexity index is 565. The first-order chi connectivity index (χ1) is 9.22. The number of amides is 1. The number of carbonyl (C=O) groups excluding carboxylic acids is 1. The molecule has 3 N–H and O–H groups in total. The van der Waals surface area contributed by atoms with E-state index >= 15 is 0 Å². The molecule has 0 bridgehead atoms. The van der Waals surface area contributed by atoms with Crippen LogP contribution in [0.2, 0.25) is 0 Å². The number of nitrogens with one attached hydrogen (secondary N) is 1. The molecule has 6 nitrogen and oxygen atoms in total. The minimum atomic E-state index is -0.167. The summed E-state index contributed by atoms with van der Waals surface area (Å²) in [5.74, 6) is 0.718. The molecule has 0 spiro atoms. The maximum absolute atomic E-state index is 12.1. The number of carbonyl (C=O) groups is 1. The molecule has 2 aromatic rings. The summed E-state index contributed by atoms with van der Waals surface area (Å²) < 4.78 is 5.11. The van der Waals surface area contributed by atoms with Crippen LogP contribution in [0.4, 0.5) is 0 Å². The Hall–Kier alpha value is -2.21. The van der Waals surface area contributed by atoms with E-state index in [4.69, 9.17) is 10.3 Å². The van der Waals surface area contributed by atoms with Crippen LogP contribution in [0, 0.1) is 6.92 Å². The third-order valence-electron chi connectivity index (χ3n) is 2.60. The first kappa shape index (κ1) is 13.2. The highest BCUT2D eigenvalue weighted by Gasteiger charge is 2.16. The van der Waals surface area contributed by atoms with Gasteiger partial charge in [0.15, 0.2) is 5.82 Å². The fourth-order valence-corrected chi connectivity index (χ4v) is 1.67. The lowest BCUT2D eigenvalue weighted by Crippen LogP contribution is -2.26. The lowest BCUT2D eigenvalue weighted by Gasteiger charge is -2.07. The molecule has 0 aliphatic rings. The largest absolute Gasteiger partial charge is 0.352 e. The van der Waals surface area contributed by atoms with E-state index in [1.54, 1.807) is 25.1 Å². The summed E-state index contributed by atoms with van der Waals surface area (Å²) in [7, 11) is 0. The Morgan fingerprint density at radius 2 is 2.21 bits per heavy atom. The Morgan fingerprint density at radius 3 is 2.89 bits per heavy atom. The van der Waals surface area contributed by atoms with Crippen LogP contribution < -0.4 is 11.1 Å². The van der Waals surface area contributed by atoms with E-state index < -0.39 is 0 Å². The van der Waals surface area contributed by atoms with Gasteiger partial charge in [-0.3, -0.25) is 4.79 Å². The van der Waals surface area contributed by atoms with Gasteiger partial charge in [0.25, 0.3) is 11.8 Å². The van der Waals surface area contributed by atoms with Gasteiger partial charge in [-0.15, -0.1) is 0 Å². The van der Waals surface area contributed by atoms with Gasteiger partial charge in [-0.05, 0) is 32.0 Å².